The molecule has 8 rings (SSSR count). The zero-order valence-corrected chi connectivity index (χ0v) is 34.0. The number of rotatable bonds is 9. The lowest BCUT2D eigenvalue weighted by molar-refractivity contribution is 0.147. The third kappa shape index (κ3) is 7.20. The van der Waals surface area contributed by atoms with Crippen molar-refractivity contribution in [2.24, 2.45) is 12.8 Å². The van der Waals surface area contributed by atoms with E-state index in [2.05, 4.69) is 55.8 Å². The number of imidazole rings is 1. The number of aromatic amines is 3. The molecule has 2 unspecified atom stereocenters. The van der Waals surface area contributed by atoms with Crippen molar-refractivity contribution in [3.63, 3.8) is 0 Å². The molecule has 0 saturated carbocycles. The molecular weight excluding hydrogens is 763 g/mol. The summed E-state index contributed by atoms with van der Waals surface area (Å²) in [5.41, 5.74) is 11.4. The summed E-state index contributed by atoms with van der Waals surface area (Å²) in [5.74, 6) is 1.08. The number of ether oxygens (including phenoxy) is 1. The summed E-state index contributed by atoms with van der Waals surface area (Å²) < 4.78 is 35.0. The maximum atomic E-state index is 13.6. The van der Waals surface area contributed by atoms with Gasteiger partial charge in [0.15, 0.2) is 0 Å². The van der Waals surface area contributed by atoms with Crippen molar-refractivity contribution < 1.29 is 13.5 Å². The molecule has 2 atom stereocenters. The number of hydrogen-bond donors (Lipinski definition) is 4. The number of nitrogens with zero attached hydrogens (tertiary/aromatic N) is 4. The molecule has 0 radical (unpaired) electrons. The van der Waals surface area contributed by atoms with Gasteiger partial charge in [0.25, 0.3) is 23.1 Å². The first kappa shape index (κ1) is 40.2. The van der Waals surface area contributed by atoms with E-state index in [9.17, 15) is 23.2 Å². The molecule has 58 heavy (non-hydrogen) atoms. The molecule has 0 fully saturated rings. The Hall–Kier alpha value is -6.03. The van der Waals surface area contributed by atoms with Crippen molar-refractivity contribution in [1.29, 1.82) is 0 Å². The second-order valence-electron chi connectivity index (χ2n) is 14.8. The lowest BCUT2D eigenvalue weighted by Crippen LogP contribution is -2.18. The highest BCUT2D eigenvalue weighted by Gasteiger charge is 2.24. The van der Waals surface area contributed by atoms with Crippen molar-refractivity contribution in [3.8, 4) is 28.1 Å². The van der Waals surface area contributed by atoms with Crippen LogP contribution in [-0.2, 0) is 7.05 Å². The highest BCUT2D eigenvalue weighted by molar-refractivity contribution is 7.17. The van der Waals surface area contributed by atoms with Crippen LogP contribution in [0, 0.1) is 6.92 Å². The number of methoxy groups -OCH3 is 1. The first-order valence-corrected chi connectivity index (χ1v) is 19.6. The zero-order valence-electron chi connectivity index (χ0n) is 33.2. The summed E-state index contributed by atoms with van der Waals surface area (Å²) in [6.45, 7) is 7.54. The molecule has 6 heterocycles. The third-order valence-corrected chi connectivity index (χ3v) is 11.5. The van der Waals surface area contributed by atoms with Crippen LogP contribution in [0.15, 0.2) is 80.7 Å². The number of H-pyrrole nitrogens is 3. The summed E-state index contributed by atoms with van der Waals surface area (Å²) in [6.07, 6.45) is -1.27. The van der Waals surface area contributed by atoms with Gasteiger partial charge in [0.2, 0.25) is 5.88 Å². The van der Waals surface area contributed by atoms with E-state index in [0.29, 0.717) is 61.6 Å². The number of thiophene rings is 1. The first-order valence-electron chi connectivity index (χ1n) is 18.7. The number of pyridine rings is 4. The van der Waals surface area contributed by atoms with Gasteiger partial charge in [0, 0.05) is 29.8 Å². The minimum absolute atomic E-state index is 0.0273. The number of aromatic nitrogens is 6. The Morgan fingerprint density at radius 2 is 1.47 bits per heavy atom. The molecule has 5 N–H and O–H groups in total. The number of aryl methyl sites for hydroxylation is 2. The second kappa shape index (κ2) is 16.1. The minimum Gasteiger partial charge on any atom is -0.481 e. The average Bonchev–Trinajstić information content (AvgIpc) is 3.86. The van der Waals surface area contributed by atoms with Crippen molar-refractivity contribution in [2.45, 2.75) is 39.0 Å². The van der Waals surface area contributed by atoms with Crippen LogP contribution >= 0.6 is 11.3 Å². The number of likely N-dealkylation sites (N-methyl/N-ethyl adjacent to an activating group) is 1. The number of halogens is 2. The highest BCUT2D eigenvalue weighted by Crippen LogP contribution is 2.39. The molecule has 2 aromatic carbocycles. The highest BCUT2D eigenvalue weighted by atomic mass is 32.1. The third-order valence-electron chi connectivity index (χ3n) is 10.5. The fourth-order valence-electron chi connectivity index (χ4n) is 7.59. The normalized spacial score (nSPS) is 12.8. The van der Waals surface area contributed by atoms with Crippen molar-refractivity contribution in [1.82, 2.24) is 34.4 Å². The summed E-state index contributed by atoms with van der Waals surface area (Å²) in [6, 6.07) is 17.5. The predicted octanol–water partition coefficient (Wildman–Crippen LogP) is 7.56. The molecule has 12 nitrogen and oxygen atoms in total. The van der Waals surface area contributed by atoms with Gasteiger partial charge in [-0.2, -0.15) is 0 Å². The average molecular weight is 807 g/mol. The molecule has 300 valence electrons. The lowest BCUT2D eigenvalue weighted by Gasteiger charge is -2.18. The maximum Gasteiger partial charge on any atom is 0.280 e. The van der Waals surface area contributed by atoms with Gasteiger partial charge in [-0.15, -0.1) is 11.3 Å². The van der Waals surface area contributed by atoms with E-state index in [0.717, 1.165) is 28.6 Å². The topological polar surface area (TPSA) is 168 Å². The van der Waals surface area contributed by atoms with Crippen LogP contribution < -0.4 is 27.1 Å². The van der Waals surface area contributed by atoms with E-state index in [1.807, 2.05) is 64.5 Å². The molecule has 0 aliphatic heterocycles. The van der Waals surface area contributed by atoms with E-state index >= 15 is 0 Å². The van der Waals surface area contributed by atoms with Crippen LogP contribution in [-0.4, -0.2) is 68.7 Å². The zero-order chi connectivity index (χ0) is 41.6. The maximum absolute atomic E-state index is 13.6. The minimum atomic E-state index is -2.92. The Morgan fingerprint density at radius 1 is 0.845 bits per heavy atom. The van der Waals surface area contributed by atoms with Gasteiger partial charge in [0.1, 0.15) is 21.4 Å². The van der Waals surface area contributed by atoms with Gasteiger partial charge in [-0.3, -0.25) is 14.4 Å². The fourth-order valence-corrected chi connectivity index (χ4v) is 8.39. The van der Waals surface area contributed by atoms with E-state index in [1.165, 1.54) is 16.9 Å². The van der Waals surface area contributed by atoms with Crippen LogP contribution in [0.2, 0.25) is 0 Å². The van der Waals surface area contributed by atoms with Crippen molar-refractivity contribution >= 4 is 54.3 Å². The molecule has 6 aromatic heterocycles. The Morgan fingerprint density at radius 3 is 2.07 bits per heavy atom. The summed E-state index contributed by atoms with van der Waals surface area (Å²) in [4.78, 5) is 56.9. The SMILES string of the molecule is CC(CN(C)C)c1ccc(-c2c(=O)[nH]c(C(F)F)c3[nH]c(=O)c4sccc4c23)cc1.COc1nc(C)c2[nH]c(=O)c3c(ncn3C)c2c1-c1ccc(C(C)CN)cc1. The van der Waals surface area contributed by atoms with Crippen LogP contribution in [0.3, 0.4) is 0 Å². The monoisotopic (exact) mass is 806 g/mol. The quantitative estimate of drug-likeness (QED) is 0.116. The largest absolute Gasteiger partial charge is 0.481 e. The molecule has 0 spiro atoms. The molecular formula is C43H44F2N8O4S. The van der Waals surface area contributed by atoms with E-state index in [-0.39, 0.29) is 22.6 Å². The van der Waals surface area contributed by atoms with Crippen LogP contribution in [0.4, 0.5) is 8.78 Å². The van der Waals surface area contributed by atoms with Crippen LogP contribution in [0.1, 0.15) is 54.6 Å². The van der Waals surface area contributed by atoms with Gasteiger partial charge in [-0.1, -0.05) is 62.4 Å². The van der Waals surface area contributed by atoms with Gasteiger partial charge in [-0.25, -0.2) is 18.7 Å². The van der Waals surface area contributed by atoms with Gasteiger partial charge >= 0.3 is 0 Å². The molecule has 15 heteroatoms. The Kier molecular flexibility index (Phi) is 11.1. The summed E-state index contributed by atoms with van der Waals surface area (Å²) >= 11 is 1.22. The number of fused-ring (bicyclic) bond motifs is 6. The molecule has 0 bridgehead atoms. The Bertz CT molecular complexity index is 2980. The van der Waals surface area contributed by atoms with E-state index in [1.54, 1.807) is 29.5 Å². The lowest BCUT2D eigenvalue weighted by atomic mass is 9.95. The molecule has 0 saturated heterocycles. The Labute approximate surface area is 335 Å². The second-order valence-corrected chi connectivity index (χ2v) is 15.7. The summed E-state index contributed by atoms with van der Waals surface area (Å²) in [5, 5.41) is 3.41. The van der Waals surface area contributed by atoms with Crippen LogP contribution in [0.25, 0.3) is 65.2 Å². The number of hydrogen-bond acceptors (Lipinski definition) is 9. The van der Waals surface area contributed by atoms with Gasteiger partial charge in [0.05, 0.1) is 41.3 Å². The molecule has 0 amide bonds. The van der Waals surface area contributed by atoms with Gasteiger partial charge < -0.3 is 34.9 Å². The fraction of sp³-hybridized carbons (Fsp3) is 0.279. The molecule has 8 aromatic rings. The molecule has 0 aliphatic rings. The smallest absolute Gasteiger partial charge is 0.280 e. The number of nitrogens with one attached hydrogen (secondary N) is 3. The standard InChI is InChI=1S/C22H21F2N3O2S.C21H23N5O2/c1-11(10-27(2)3)12-4-6-13(7-5-12)15-16-14-8-9-30-19(14)22(29)25-17(16)18(20(23)24)26-21(15)28;1-11(9-22)13-5-7-14(8-6-13)15-16-17(12(2)24-21(15)28-4)25-20(27)19-18(16)23-10-26(19)3/h4-9,11,20H,10H2,1-3H3,(H,25,29)(H,26,28);5-8,10-11H,9,22H2,1-4H3,(H,25,27). The first-order chi connectivity index (χ1) is 27.7. The Balaban J connectivity index is 0.000000177. The van der Waals surface area contributed by atoms with Crippen molar-refractivity contribution in [3.05, 3.63) is 120 Å². The van der Waals surface area contributed by atoms with E-state index < -0.39 is 23.2 Å². The van der Waals surface area contributed by atoms with Gasteiger partial charge in [-0.05, 0) is 73.1 Å². The predicted molar refractivity (Wildman–Crippen MR) is 229 cm³/mol. The number of nitrogens with two attached hydrogens (primary N) is 1. The number of alkyl halides is 2. The van der Waals surface area contributed by atoms with Crippen LogP contribution in [0.5, 0.6) is 5.88 Å². The number of benzene rings is 2. The van der Waals surface area contributed by atoms with Crippen molar-refractivity contribution in [2.75, 3.05) is 34.3 Å². The molecule has 0 aliphatic carbocycles. The van der Waals surface area contributed by atoms with E-state index in [4.69, 9.17) is 10.5 Å². The summed E-state index contributed by atoms with van der Waals surface area (Å²) in [7, 11) is 7.43.